The molecule has 1 heterocycles. The van der Waals surface area contributed by atoms with Gasteiger partial charge in [0, 0.05) is 0 Å². The second-order valence-corrected chi connectivity index (χ2v) is 1.68. The Balaban J connectivity index is 2.95. The summed E-state index contributed by atoms with van der Waals surface area (Å²) >= 11 is 0. The topological polar surface area (TPSA) is 72.4 Å². The first kappa shape index (κ1) is 5.81. The summed E-state index contributed by atoms with van der Waals surface area (Å²) in [6, 6.07) is 0. The van der Waals surface area contributed by atoms with E-state index in [1.54, 1.807) is 6.92 Å². The number of hydrogen-bond acceptors (Lipinski definition) is 3. The van der Waals surface area contributed by atoms with Gasteiger partial charge in [-0.1, -0.05) is 0 Å². The molecule has 0 amide bonds. The average Bonchev–Trinajstić information content (AvgIpc) is 1.80. The molecular formula is C5H6N4. The van der Waals surface area contributed by atoms with Gasteiger partial charge in [0.2, 0.25) is 0 Å². The number of nitrogens with one attached hydrogen (secondary N) is 2. The first-order chi connectivity index (χ1) is 4.20. The molecule has 1 aliphatic rings. The summed E-state index contributed by atoms with van der Waals surface area (Å²) in [4.78, 5) is 7.36. The van der Waals surface area contributed by atoms with Crippen molar-refractivity contribution in [2.24, 2.45) is 9.98 Å². The third-order valence-corrected chi connectivity index (χ3v) is 0.909. The van der Waals surface area contributed by atoms with Crippen LogP contribution in [0.3, 0.4) is 0 Å². The van der Waals surface area contributed by atoms with E-state index in [4.69, 9.17) is 10.8 Å². The van der Waals surface area contributed by atoms with Crippen LogP contribution in [0.5, 0.6) is 0 Å². The van der Waals surface area contributed by atoms with E-state index in [2.05, 4.69) is 9.98 Å². The molecule has 0 saturated carbocycles. The van der Waals surface area contributed by atoms with Crippen LogP contribution < -0.4 is 0 Å². The third-order valence-electron chi connectivity index (χ3n) is 0.909. The van der Waals surface area contributed by atoms with Crippen molar-refractivity contribution >= 4 is 23.6 Å². The fourth-order valence-electron chi connectivity index (χ4n) is 0.470. The van der Waals surface area contributed by atoms with E-state index in [0.717, 1.165) is 0 Å². The molecule has 0 aromatic carbocycles. The zero-order valence-electron chi connectivity index (χ0n) is 4.97. The summed E-state index contributed by atoms with van der Waals surface area (Å²) < 4.78 is 0. The Kier molecular flexibility index (Phi) is 1.22. The van der Waals surface area contributed by atoms with E-state index in [1.165, 1.54) is 6.21 Å². The van der Waals surface area contributed by atoms with Gasteiger partial charge in [-0.25, -0.2) is 9.98 Å². The van der Waals surface area contributed by atoms with Gasteiger partial charge >= 0.3 is 0 Å². The highest BCUT2D eigenvalue weighted by Crippen LogP contribution is 1.89. The minimum Gasteiger partial charge on any atom is -0.296 e. The van der Waals surface area contributed by atoms with Gasteiger partial charge in [-0.05, 0) is 6.92 Å². The standard InChI is InChI=1S/C5H6N4/c1-3-8-2-4(6)5(7)9-3/h2,6-7H,1H3. The van der Waals surface area contributed by atoms with Gasteiger partial charge in [0.1, 0.15) is 11.5 Å². The lowest BCUT2D eigenvalue weighted by Gasteiger charge is -2.00. The number of rotatable bonds is 0. The Labute approximate surface area is 52.4 Å². The Hall–Kier alpha value is -1.32. The first-order valence-corrected chi connectivity index (χ1v) is 2.47. The van der Waals surface area contributed by atoms with Crippen molar-refractivity contribution in [2.45, 2.75) is 6.92 Å². The predicted molar refractivity (Wildman–Crippen MR) is 37.1 cm³/mol. The second-order valence-electron chi connectivity index (χ2n) is 1.68. The Morgan fingerprint density at radius 1 is 1.44 bits per heavy atom. The molecule has 0 spiro atoms. The van der Waals surface area contributed by atoms with Gasteiger partial charge in [-0.15, -0.1) is 0 Å². The maximum Gasteiger partial charge on any atom is 0.173 e. The van der Waals surface area contributed by atoms with E-state index in [0.29, 0.717) is 5.84 Å². The molecule has 1 rings (SSSR count). The summed E-state index contributed by atoms with van der Waals surface area (Å²) in [6.07, 6.45) is 1.32. The maximum atomic E-state index is 7.02. The zero-order valence-corrected chi connectivity index (χ0v) is 4.97. The normalized spacial score (nSPS) is 18.1. The van der Waals surface area contributed by atoms with Gasteiger partial charge < -0.3 is 0 Å². The first-order valence-electron chi connectivity index (χ1n) is 2.47. The Morgan fingerprint density at radius 3 is 2.56 bits per heavy atom. The molecule has 4 heteroatoms. The van der Waals surface area contributed by atoms with Crippen molar-refractivity contribution in [3.63, 3.8) is 0 Å². The van der Waals surface area contributed by atoms with Gasteiger partial charge in [-0.2, -0.15) is 0 Å². The van der Waals surface area contributed by atoms with Crippen LogP contribution in [0.4, 0.5) is 0 Å². The number of hydrogen-bond donors (Lipinski definition) is 2. The maximum absolute atomic E-state index is 7.02. The van der Waals surface area contributed by atoms with Gasteiger partial charge in [0.25, 0.3) is 0 Å². The second kappa shape index (κ2) is 1.89. The van der Waals surface area contributed by atoms with E-state index >= 15 is 0 Å². The molecule has 0 aromatic rings. The molecule has 2 N–H and O–H groups in total. The van der Waals surface area contributed by atoms with Crippen LogP contribution in [0.25, 0.3) is 0 Å². The summed E-state index contributed by atoms with van der Waals surface area (Å²) in [5.74, 6) is 0.526. The van der Waals surface area contributed by atoms with Crippen LogP contribution in [0, 0.1) is 10.8 Å². The van der Waals surface area contributed by atoms with Crippen LogP contribution in [0.2, 0.25) is 0 Å². The molecule has 0 saturated heterocycles. The largest absolute Gasteiger partial charge is 0.296 e. The lowest BCUT2D eigenvalue weighted by atomic mass is 10.3. The summed E-state index contributed by atoms with van der Waals surface area (Å²) in [6.45, 7) is 1.69. The Bertz CT molecular complexity index is 223. The molecule has 0 unspecified atom stereocenters. The lowest BCUT2D eigenvalue weighted by molar-refractivity contribution is 1.41. The van der Waals surface area contributed by atoms with Crippen molar-refractivity contribution in [3.05, 3.63) is 0 Å². The smallest absolute Gasteiger partial charge is 0.173 e. The van der Waals surface area contributed by atoms with Gasteiger partial charge in [-0.3, -0.25) is 10.8 Å². The van der Waals surface area contributed by atoms with E-state index in [-0.39, 0.29) is 11.5 Å². The minimum absolute atomic E-state index is 0.0116. The summed E-state index contributed by atoms with van der Waals surface area (Å²) in [7, 11) is 0. The highest BCUT2D eigenvalue weighted by Gasteiger charge is 2.04. The van der Waals surface area contributed by atoms with Crippen molar-refractivity contribution in [1.29, 1.82) is 10.8 Å². The van der Waals surface area contributed by atoms with Crippen LogP contribution in [0.15, 0.2) is 9.98 Å². The number of nitrogens with zero attached hydrogens (tertiary/aromatic N) is 2. The average molecular weight is 122 g/mol. The molecular weight excluding hydrogens is 116 g/mol. The van der Waals surface area contributed by atoms with E-state index in [1.807, 2.05) is 0 Å². The van der Waals surface area contributed by atoms with Crippen LogP contribution in [-0.4, -0.2) is 23.6 Å². The van der Waals surface area contributed by atoms with Crippen molar-refractivity contribution in [2.75, 3.05) is 0 Å². The Morgan fingerprint density at radius 2 is 2.11 bits per heavy atom. The predicted octanol–water partition coefficient (Wildman–Crippen LogP) is 0.486. The molecule has 0 aliphatic carbocycles. The molecule has 1 aliphatic heterocycles. The van der Waals surface area contributed by atoms with Crippen LogP contribution in [0.1, 0.15) is 6.92 Å². The molecule has 0 aromatic heterocycles. The van der Waals surface area contributed by atoms with E-state index in [9.17, 15) is 0 Å². The molecule has 0 bridgehead atoms. The molecule has 46 valence electrons. The molecule has 0 fully saturated rings. The monoisotopic (exact) mass is 122 g/mol. The molecule has 4 nitrogen and oxygen atoms in total. The molecule has 0 atom stereocenters. The quantitative estimate of drug-likeness (QED) is 0.469. The minimum atomic E-state index is -0.0116. The van der Waals surface area contributed by atoms with Gasteiger partial charge in [0.05, 0.1) is 6.21 Å². The summed E-state index contributed by atoms with van der Waals surface area (Å²) in [5.41, 5.74) is 0.0700. The fourth-order valence-corrected chi connectivity index (χ4v) is 0.470. The fraction of sp³-hybridized carbons (Fsp3) is 0.200. The van der Waals surface area contributed by atoms with Crippen LogP contribution >= 0.6 is 0 Å². The van der Waals surface area contributed by atoms with Crippen molar-refractivity contribution < 1.29 is 0 Å². The highest BCUT2D eigenvalue weighted by molar-refractivity contribution is 6.63. The third kappa shape index (κ3) is 1.07. The number of amidine groups is 2. The molecule has 9 heavy (non-hydrogen) atoms. The summed E-state index contributed by atoms with van der Waals surface area (Å²) in [5, 5.41) is 14.0. The van der Waals surface area contributed by atoms with Crippen molar-refractivity contribution in [3.8, 4) is 0 Å². The van der Waals surface area contributed by atoms with Crippen molar-refractivity contribution in [1.82, 2.24) is 0 Å². The SMILES string of the molecule is CC1=NC(=N)C(=N)C=N1. The lowest BCUT2D eigenvalue weighted by Crippen LogP contribution is -2.16. The number of aliphatic imine (C=N–C) groups is 2. The van der Waals surface area contributed by atoms with E-state index < -0.39 is 0 Å². The van der Waals surface area contributed by atoms with Crippen LogP contribution in [-0.2, 0) is 0 Å². The highest BCUT2D eigenvalue weighted by atomic mass is 15.0. The zero-order chi connectivity index (χ0) is 6.85. The van der Waals surface area contributed by atoms with Gasteiger partial charge in [0.15, 0.2) is 5.84 Å². The molecule has 0 radical (unpaired) electrons.